The van der Waals surface area contributed by atoms with Gasteiger partial charge in [0.1, 0.15) is 5.75 Å². The summed E-state index contributed by atoms with van der Waals surface area (Å²) in [5, 5.41) is 14.2. The average Bonchev–Trinajstić information content (AvgIpc) is 2.85. The number of carbonyl (C=O) groups excluding carboxylic acids is 2. The highest BCUT2D eigenvalue weighted by Crippen LogP contribution is 2.40. The number of hydrogen-bond donors (Lipinski definition) is 3. The van der Waals surface area contributed by atoms with E-state index in [1.807, 2.05) is 13.8 Å². The molecule has 7 nitrogen and oxygen atoms in total. The number of ether oxygens (including phenoxy) is 1. The summed E-state index contributed by atoms with van der Waals surface area (Å²) in [6.07, 6.45) is -5.33. The van der Waals surface area contributed by atoms with E-state index in [9.17, 15) is 22.8 Å². The molecule has 10 heteroatoms. The first-order valence-electron chi connectivity index (χ1n) is 11.9. The molecule has 1 unspecified atom stereocenters. The van der Waals surface area contributed by atoms with Crippen LogP contribution in [-0.4, -0.2) is 40.5 Å². The first-order valence-corrected chi connectivity index (χ1v) is 11.9. The molecule has 192 valence electrons. The van der Waals surface area contributed by atoms with E-state index in [0.717, 1.165) is 0 Å². The first-order chi connectivity index (χ1) is 17.0. The third-order valence-electron chi connectivity index (χ3n) is 7.01. The van der Waals surface area contributed by atoms with Gasteiger partial charge in [-0.15, -0.1) is 0 Å². The number of alkyl halides is 3. The fourth-order valence-electron chi connectivity index (χ4n) is 4.71. The maximum atomic E-state index is 13.4. The van der Waals surface area contributed by atoms with E-state index in [1.165, 1.54) is 11.0 Å². The van der Waals surface area contributed by atoms with Crippen molar-refractivity contribution >= 4 is 17.8 Å². The Hall–Kier alpha value is -3.56. The van der Waals surface area contributed by atoms with Crippen LogP contribution in [0, 0.1) is 5.41 Å². The lowest BCUT2D eigenvalue weighted by Gasteiger charge is -2.42. The minimum Gasteiger partial charge on any atom is -0.480 e. The van der Waals surface area contributed by atoms with Gasteiger partial charge in [0.05, 0.1) is 19.0 Å². The molecule has 3 N–H and O–H groups in total. The topological polar surface area (TPSA) is 94.5 Å². The van der Waals surface area contributed by atoms with Crippen LogP contribution in [0.4, 0.5) is 13.2 Å². The van der Waals surface area contributed by atoms with E-state index in [2.05, 4.69) is 10.6 Å². The van der Waals surface area contributed by atoms with Crippen molar-refractivity contribution in [1.29, 1.82) is 5.41 Å². The molecule has 0 aromatic heterocycles. The van der Waals surface area contributed by atoms with Gasteiger partial charge in [-0.2, -0.15) is 13.2 Å². The van der Waals surface area contributed by atoms with Gasteiger partial charge in [-0.05, 0) is 36.6 Å². The number of guanidine groups is 1. The Kier molecular flexibility index (Phi) is 6.97. The zero-order chi connectivity index (χ0) is 26.1. The summed E-state index contributed by atoms with van der Waals surface area (Å²) < 4.78 is 45.4. The molecule has 2 aliphatic heterocycles. The Labute approximate surface area is 207 Å². The molecule has 4 rings (SSSR count). The van der Waals surface area contributed by atoms with Crippen LogP contribution in [0.25, 0.3) is 0 Å². The summed E-state index contributed by atoms with van der Waals surface area (Å²) in [6, 6.07) is 12.0. The van der Waals surface area contributed by atoms with Crippen LogP contribution in [0.3, 0.4) is 0 Å². The summed E-state index contributed by atoms with van der Waals surface area (Å²) in [5.41, 5.74) is 0.932. The average molecular weight is 503 g/mol. The van der Waals surface area contributed by atoms with Gasteiger partial charge in [0.25, 0.3) is 5.91 Å². The minimum atomic E-state index is -4.57. The van der Waals surface area contributed by atoms with E-state index >= 15 is 0 Å². The van der Waals surface area contributed by atoms with Crippen LogP contribution in [0.1, 0.15) is 67.1 Å². The number of carbonyl (C=O) groups is 2. The van der Waals surface area contributed by atoms with Crippen LogP contribution in [-0.2, 0) is 11.3 Å². The van der Waals surface area contributed by atoms with Crippen LogP contribution < -0.4 is 15.4 Å². The van der Waals surface area contributed by atoms with Crippen molar-refractivity contribution in [2.75, 3.05) is 0 Å². The maximum absolute atomic E-state index is 13.4. The van der Waals surface area contributed by atoms with E-state index in [-0.39, 0.29) is 36.1 Å². The van der Waals surface area contributed by atoms with Crippen molar-refractivity contribution in [3.8, 4) is 5.75 Å². The number of hydrogen-bond acceptors (Lipinski definition) is 4. The molecule has 2 amide bonds. The maximum Gasteiger partial charge on any atom is 0.425 e. The highest BCUT2D eigenvalue weighted by atomic mass is 19.4. The zero-order valence-electron chi connectivity index (χ0n) is 20.1. The third-order valence-corrected chi connectivity index (χ3v) is 7.01. The van der Waals surface area contributed by atoms with E-state index in [1.54, 1.807) is 42.5 Å². The number of nitrogens with zero attached hydrogens (tertiary/aromatic N) is 1. The van der Waals surface area contributed by atoms with Gasteiger partial charge in [-0.1, -0.05) is 44.2 Å². The van der Waals surface area contributed by atoms with Gasteiger partial charge in [-0.25, -0.2) is 0 Å². The van der Waals surface area contributed by atoms with Gasteiger partial charge in [0.2, 0.25) is 5.91 Å². The van der Waals surface area contributed by atoms with E-state index in [4.69, 9.17) is 10.1 Å². The van der Waals surface area contributed by atoms with Crippen LogP contribution in [0.5, 0.6) is 5.75 Å². The fourth-order valence-corrected chi connectivity index (χ4v) is 4.71. The molecule has 0 spiro atoms. The lowest BCUT2D eigenvalue weighted by Crippen LogP contribution is -2.61. The summed E-state index contributed by atoms with van der Waals surface area (Å²) in [6.45, 7) is 4.05. The van der Waals surface area contributed by atoms with Gasteiger partial charge in [0.15, 0.2) is 12.1 Å². The van der Waals surface area contributed by atoms with E-state index in [0.29, 0.717) is 24.0 Å². The highest BCUT2D eigenvalue weighted by Gasteiger charge is 2.46. The van der Waals surface area contributed by atoms with Crippen molar-refractivity contribution in [1.82, 2.24) is 15.5 Å². The van der Waals surface area contributed by atoms with Crippen LogP contribution >= 0.6 is 0 Å². The van der Waals surface area contributed by atoms with Crippen molar-refractivity contribution < 1.29 is 27.5 Å². The lowest BCUT2D eigenvalue weighted by atomic mass is 9.87. The van der Waals surface area contributed by atoms with Crippen molar-refractivity contribution in [2.24, 2.45) is 0 Å². The number of fused-ring (bicyclic) bond motifs is 1. The van der Waals surface area contributed by atoms with Gasteiger partial charge >= 0.3 is 6.18 Å². The molecular weight excluding hydrogens is 473 g/mol. The smallest absolute Gasteiger partial charge is 0.425 e. The third kappa shape index (κ3) is 5.17. The number of benzene rings is 2. The first kappa shape index (κ1) is 25.5. The molecule has 0 radical (unpaired) electrons. The lowest BCUT2D eigenvalue weighted by molar-refractivity contribution is -0.201. The Morgan fingerprint density at radius 1 is 1.19 bits per heavy atom. The second kappa shape index (κ2) is 9.83. The van der Waals surface area contributed by atoms with Crippen molar-refractivity contribution in [2.45, 2.75) is 69.9 Å². The fraction of sp³-hybridized carbons (Fsp3) is 0.423. The van der Waals surface area contributed by atoms with Crippen molar-refractivity contribution in [3.05, 3.63) is 65.2 Å². The molecule has 2 atom stereocenters. The number of nitrogens with one attached hydrogen (secondary N) is 3. The molecule has 0 saturated carbocycles. The number of halogens is 3. The van der Waals surface area contributed by atoms with Gasteiger partial charge in [-0.3, -0.25) is 19.9 Å². The number of amides is 2. The second-order valence-electron chi connectivity index (χ2n) is 9.27. The molecule has 0 aliphatic carbocycles. The predicted octanol–water partition coefficient (Wildman–Crippen LogP) is 4.69. The molecular formula is C26H29F3N4O3. The number of para-hydroxylation sites is 1. The number of rotatable bonds is 6. The molecule has 2 aromatic carbocycles. The predicted molar refractivity (Wildman–Crippen MR) is 128 cm³/mol. The second-order valence-corrected chi connectivity index (χ2v) is 9.27. The summed E-state index contributed by atoms with van der Waals surface area (Å²) in [7, 11) is 0. The molecule has 1 saturated heterocycles. The summed E-state index contributed by atoms with van der Waals surface area (Å²) in [5.74, 6) is -0.597. The van der Waals surface area contributed by atoms with Gasteiger partial charge < -0.3 is 15.4 Å². The highest BCUT2D eigenvalue weighted by molar-refractivity contribution is 5.99. The summed E-state index contributed by atoms with van der Waals surface area (Å²) >= 11 is 0. The summed E-state index contributed by atoms with van der Waals surface area (Å²) in [4.78, 5) is 27.2. The van der Waals surface area contributed by atoms with Gasteiger partial charge in [0, 0.05) is 23.1 Å². The Morgan fingerprint density at radius 3 is 2.58 bits per heavy atom. The largest absolute Gasteiger partial charge is 0.480 e. The minimum absolute atomic E-state index is 0.0156. The zero-order valence-corrected chi connectivity index (χ0v) is 20.1. The normalized spacial score (nSPS) is 21.3. The molecule has 2 aliphatic rings. The molecule has 0 bridgehead atoms. The molecule has 1 fully saturated rings. The standard InChI is InChI=1S/C26H29F3N4O3/c1-3-25(4-2)14-22(34)33(24(30)32-25)15-16-8-7-9-17(12-16)23(35)31-19-13-21(26(27,28)29)36-20-11-6-5-10-18(19)20/h5-12,19,21H,3-4,13-15H2,1-2H3,(H2,30,32)(H,31,35)/t19-,21?/m0/s1. The molecule has 2 aromatic rings. The Morgan fingerprint density at radius 2 is 1.92 bits per heavy atom. The quantitative estimate of drug-likeness (QED) is 0.534. The SMILES string of the molecule is CCC1(CC)CC(=O)N(Cc2cccc(C(=O)N[C@H]3CC(C(F)(F)F)Oc4ccccc43)c2)C(=N)N1. The molecule has 2 heterocycles. The Balaban J connectivity index is 1.49. The van der Waals surface area contributed by atoms with Crippen LogP contribution in [0.2, 0.25) is 0 Å². The monoisotopic (exact) mass is 502 g/mol. The molecule has 36 heavy (non-hydrogen) atoms. The van der Waals surface area contributed by atoms with E-state index < -0.39 is 36.2 Å². The van der Waals surface area contributed by atoms with Crippen molar-refractivity contribution in [3.63, 3.8) is 0 Å². The Bertz CT molecular complexity index is 1140. The van der Waals surface area contributed by atoms with Crippen LogP contribution in [0.15, 0.2) is 48.5 Å².